The molecule has 2 nitrogen and oxygen atoms in total. The molecule has 1 N–H and O–H groups in total. The third kappa shape index (κ3) is 1.03. The minimum atomic E-state index is 0.973. The van der Waals surface area contributed by atoms with Gasteiger partial charge in [0.15, 0.2) is 0 Å². The van der Waals surface area contributed by atoms with Crippen molar-refractivity contribution >= 4 is 0 Å². The van der Waals surface area contributed by atoms with Crippen LogP contribution < -0.4 is 4.98 Å². The van der Waals surface area contributed by atoms with E-state index in [0.29, 0.717) is 0 Å². The van der Waals surface area contributed by atoms with Gasteiger partial charge in [-0.1, -0.05) is 11.9 Å². The first-order chi connectivity index (χ1) is 3.93. The minimum absolute atomic E-state index is 0.973. The molecule has 0 unspecified atom stereocenters. The molecule has 0 fully saturated rings. The molecule has 0 aromatic carbocycles. The molecule has 42 valence electrons. The van der Waals surface area contributed by atoms with Crippen molar-refractivity contribution in [2.45, 2.75) is 13.3 Å². The molecule has 2 heteroatoms. The van der Waals surface area contributed by atoms with Crippen LogP contribution in [0.15, 0.2) is 18.5 Å². The maximum Gasteiger partial charge on any atom is 0.295 e. The van der Waals surface area contributed by atoms with E-state index < -0.39 is 0 Å². The molecule has 0 saturated carbocycles. The molecule has 1 aromatic heterocycles. The fraction of sp³-hybridized carbons (Fsp3) is 0.333. The fourth-order valence-electron chi connectivity index (χ4n) is 0.551. The highest BCUT2D eigenvalue weighted by Crippen LogP contribution is 1.79. The van der Waals surface area contributed by atoms with Gasteiger partial charge in [0.25, 0.3) is 5.82 Å². The standard InChI is InChI=1S/C6H8N2/c1-2-6-7-4-3-5-8-6/h3-5H,2H2,1H3/p+1. The Bertz CT molecular complexity index is 148. The van der Waals surface area contributed by atoms with E-state index in [1.54, 1.807) is 6.20 Å². The van der Waals surface area contributed by atoms with Crippen molar-refractivity contribution in [2.75, 3.05) is 0 Å². The number of nitrogens with one attached hydrogen (secondary N) is 1. The molecule has 1 heterocycles. The summed E-state index contributed by atoms with van der Waals surface area (Å²) in [5.41, 5.74) is 0. The number of rotatable bonds is 1. The highest BCUT2D eigenvalue weighted by Gasteiger charge is 1.93. The Balaban J connectivity index is 2.83. The topological polar surface area (TPSA) is 27.0 Å². The zero-order valence-corrected chi connectivity index (χ0v) is 4.89. The summed E-state index contributed by atoms with van der Waals surface area (Å²) in [6, 6.07) is 1.87. The fourth-order valence-corrected chi connectivity index (χ4v) is 0.551. The molecule has 0 atom stereocenters. The Labute approximate surface area is 48.6 Å². The van der Waals surface area contributed by atoms with Gasteiger partial charge in [0.2, 0.25) is 0 Å². The average Bonchev–Trinajstić information content (AvgIpc) is 1.90. The molecule has 8 heavy (non-hydrogen) atoms. The highest BCUT2D eigenvalue weighted by atomic mass is 14.8. The van der Waals surface area contributed by atoms with E-state index >= 15 is 0 Å². The normalized spacial score (nSPS) is 9.12. The third-order valence-electron chi connectivity index (χ3n) is 0.997. The second kappa shape index (κ2) is 2.40. The first-order valence-corrected chi connectivity index (χ1v) is 2.75. The molecule has 0 spiro atoms. The molecular formula is C6H9N2+. The number of aromatic nitrogens is 2. The van der Waals surface area contributed by atoms with Crippen LogP contribution in [-0.2, 0) is 6.42 Å². The van der Waals surface area contributed by atoms with Crippen molar-refractivity contribution in [3.63, 3.8) is 0 Å². The van der Waals surface area contributed by atoms with E-state index in [-0.39, 0.29) is 0 Å². The molecule has 0 aliphatic rings. The quantitative estimate of drug-likeness (QED) is 0.514. The van der Waals surface area contributed by atoms with Gasteiger partial charge in [-0.05, 0) is 0 Å². The third-order valence-corrected chi connectivity index (χ3v) is 0.997. The molecule has 0 bridgehead atoms. The second-order valence-electron chi connectivity index (χ2n) is 1.58. The monoisotopic (exact) mass is 109 g/mol. The summed E-state index contributed by atoms with van der Waals surface area (Å²) in [5.74, 6) is 1.03. The van der Waals surface area contributed by atoms with E-state index in [1.165, 1.54) is 0 Å². The van der Waals surface area contributed by atoms with E-state index in [4.69, 9.17) is 0 Å². The maximum atomic E-state index is 4.04. The van der Waals surface area contributed by atoms with Crippen LogP contribution in [-0.4, -0.2) is 4.98 Å². The van der Waals surface area contributed by atoms with E-state index in [9.17, 15) is 0 Å². The summed E-state index contributed by atoms with van der Waals surface area (Å²) in [4.78, 5) is 7.05. The number of hydrogen-bond donors (Lipinski definition) is 0. The predicted octanol–water partition coefficient (Wildman–Crippen LogP) is 0.458. The van der Waals surface area contributed by atoms with Crippen molar-refractivity contribution in [3.05, 3.63) is 24.3 Å². The lowest BCUT2D eigenvalue weighted by Crippen LogP contribution is -2.10. The number of aryl methyl sites for hydroxylation is 1. The van der Waals surface area contributed by atoms with Gasteiger partial charge in [-0.15, -0.1) is 0 Å². The van der Waals surface area contributed by atoms with Crippen molar-refractivity contribution in [1.82, 2.24) is 4.98 Å². The van der Waals surface area contributed by atoms with Gasteiger partial charge in [0, 0.05) is 6.07 Å². The average molecular weight is 109 g/mol. The van der Waals surface area contributed by atoms with Gasteiger partial charge < -0.3 is 0 Å². The molecule has 0 aliphatic carbocycles. The first-order valence-electron chi connectivity index (χ1n) is 2.75. The van der Waals surface area contributed by atoms with Crippen molar-refractivity contribution in [1.29, 1.82) is 0 Å². The highest BCUT2D eigenvalue weighted by molar-refractivity contribution is 4.77. The number of nitrogens with zero attached hydrogens (tertiary/aromatic N) is 1. The van der Waals surface area contributed by atoms with Gasteiger partial charge in [0.05, 0.1) is 12.6 Å². The number of aromatic amines is 1. The summed E-state index contributed by atoms with van der Waals surface area (Å²) in [5, 5.41) is 0. The SMILES string of the molecule is CCc1nccc[nH+]1. The lowest BCUT2D eigenvalue weighted by molar-refractivity contribution is -0.395. The Morgan fingerprint density at radius 3 is 3.00 bits per heavy atom. The second-order valence-corrected chi connectivity index (χ2v) is 1.58. The predicted molar refractivity (Wildman–Crippen MR) is 30.2 cm³/mol. The Kier molecular flexibility index (Phi) is 1.57. The molecule has 0 radical (unpaired) electrons. The van der Waals surface area contributed by atoms with Crippen LogP contribution in [0.4, 0.5) is 0 Å². The summed E-state index contributed by atoms with van der Waals surface area (Å²) >= 11 is 0. The van der Waals surface area contributed by atoms with Gasteiger partial charge in [-0.2, -0.15) is 0 Å². The van der Waals surface area contributed by atoms with Gasteiger partial charge >= 0.3 is 0 Å². The van der Waals surface area contributed by atoms with Crippen LogP contribution in [0.5, 0.6) is 0 Å². The van der Waals surface area contributed by atoms with Crippen LogP contribution in [0.25, 0.3) is 0 Å². The largest absolute Gasteiger partial charge is 0.295 e. The summed E-state index contributed by atoms with van der Waals surface area (Å²) < 4.78 is 0. The van der Waals surface area contributed by atoms with Gasteiger partial charge in [-0.3, -0.25) is 0 Å². The minimum Gasteiger partial charge on any atom is -0.248 e. The molecule has 0 amide bonds. The van der Waals surface area contributed by atoms with Crippen LogP contribution in [0, 0.1) is 0 Å². The summed E-state index contributed by atoms with van der Waals surface area (Å²) in [6.07, 6.45) is 4.64. The van der Waals surface area contributed by atoms with Gasteiger partial charge in [-0.25, -0.2) is 4.98 Å². The van der Waals surface area contributed by atoms with Crippen LogP contribution in [0.3, 0.4) is 0 Å². The molecule has 1 rings (SSSR count). The van der Waals surface area contributed by atoms with Crippen LogP contribution in [0.2, 0.25) is 0 Å². The molecule has 0 aliphatic heterocycles. The number of H-pyrrole nitrogens is 1. The Hall–Kier alpha value is -0.920. The molecule has 1 aromatic rings. The lowest BCUT2D eigenvalue weighted by Gasteiger charge is -1.78. The van der Waals surface area contributed by atoms with Gasteiger partial charge in [0.1, 0.15) is 6.20 Å². The molecular weight excluding hydrogens is 100 g/mol. The van der Waals surface area contributed by atoms with E-state index in [2.05, 4.69) is 16.9 Å². The molecule has 0 saturated heterocycles. The summed E-state index contributed by atoms with van der Waals surface area (Å²) in [6.45, 7) is 2.07. The maximum absolute atomic E-state index is 4.04. The van der Waals surface area contributed by atoms with Crippen molar-refractivity contribution in [2.24, 2.45) is 0 Å². The lowest BCUT2D eigenvalue weighted by atomic mass is 10.4. The van der Waals surface area contributed by atoms with Crippen LogP contribution in [0.1, 0.15) is 12.7 Å². The Morgan fingerprint density at radius 1 is 1.75 bits per heavy atom. The van der Waals surface area contributed by atoms with Crippen molar-refractivity contribution in [3.8, 4) is 0 Å². The summed E-state index contributed by atoms with van der Waals surface area (Å²) in [7, 11) is 0. The van der Waals surface area contributed by atoms with E-state index in [1.807, 2.05) is 12.3 Å². The van der Waals surface area contributed by atoms with Crippen molar-refractivity contribution < 1.29 is 4.98 Å². The number of hydrogen-bond acceptors (Lipinski definition) is 1. The zero-order chi connectivity index (χ0) is 5.82. The smallest absolute Gasteiger partial charge is 0.248 e. The van der Waals surface area contributed by atoms with Crippen LogP contribution >= 0.6 is 0 Å². The first kappa shape index (κ1) is 5.22. The van der Waals surface area contributed by atoms with E-state index in [0.717, 1.165) is 12.2 Å². The zero-order valence-electron chi connectivity index (χ0n) is 4.89. The Morgan fingerprint density at radius 2 is 2.62 bits per heavy atom.